The van der Waals surface area contributed by atoms with Crippen LogP contribution in [-0.4, -0.2) is 39.8 Å². The Bertz CT molecular complexity index is 621. The SMILES string of the molecule is N[C@@H](CCCCNC(=O)OCc1ccc(CO)c([N+](=O)[O-])c1)C(=O)O. The summed E-state index contributed by atoms with van der Waals surface area (Å²) in [5, 5.41) is 31.0. The molecule has 25 heavy (non-hydrogen) atoms. The van der Waals surface area contributed by atoms with Crippen LogP contribution in [0.1, 0.15) is 30.4 Å². The fourth-order valence-corrected chi connectivity index (χ4v) is 2.01. The van der Waals surface area contributed by atoms with Gasteiger partial charge in [-0.05, 0) is 30.9 Å². The lowest BCUT2D eigenvalue weighted by molar-refractivity contribution is -0.385. The third-order valence-corrected chi connectivity index (χ3v) is 3.42. The topological polar surface area (TPSA) is 165 Å². The number of benzene rings is 1. The molecule has 1 aromatic rings. The normalized spacial score (nSPS) is 11.6. The van der Waals surface area contributed by atoms with Crippen molar-refractivity contribution in [2.75, 3.05) is 6.54 Å². The molecule has 0 spiro atoms. The molecule has 10 nitrogen and oxygen atoms in total. The van der Waals surface area contributed by atoms with Crippen LogP contribution < -0.4 is 11.1 Å². The summed E-state index contributed by atoms with van der Waals surface area (Å²) in [6.07, 6.45) is 0.721. The summed E-state index contributed by atoms with van der Waals surface area (Å²) < 4.78 is 4.95. The fraction of sp³-hybridized carbons (Fsp3) is 0.467. The van der Waals surface area contributed by atoms with E-state index in [2.05, 4.69) is 5.32 Å². The number of nitrogens with zero attached hydrogens (tertiary/aromatic N) is 1. The third-order valence-electron chi connectivity index (χ3n) is 3.42. The number of nitrogens with one attached hydrogen (secondary N) is 1. The number of amides is 1. The van der Waals surface area contributed by atoms with Gasteiger partial charge in [-0.1, -0.05) is 6.07 Å². The summed E-state index contributed by atoms with van der Waals surface area (Å²) in [6.45, 7) is -0.305. The van der Waals surface area contributed by atoms with Gasteiger partial charge < -0.3 is 26.0 Å². The Morgan fingerprint density at radius 1 is 1.36 bits per heavy atom. The maximum Gasteiger partial charge on any atom is 0.407 e. The third kappa shape index (κ3) is 7.14. The number of nitrogens with two attached hydrogens (primary N) is 1. The van der Waals surface area contributed by atoms with Crippen molar-refractivity contribution in [2.45, 2.75) is 38.5 Å². The highest BCUT2D eigenvalue weighted by Gasteiger charge is 2.14. The van der Waals surface area contributed by atoms with Gasteiger partial charge >= 0.3 is 12.1 Å². The van der Waals surface area contributed by atoms with Crippen LogP contribution in [-0.2, 0) is 22.7 Å². The van der Waals surface area contributed by atoms with Gasteiger partial charge in [0.05, 0.1) is 17.1 Å². The Morgan fingerprint density at radius 3 is 2.68 bits per heavy atom. The molecule has 0 unspecified atom stereocenters. The number of carboxylic acids is 1. The van der Waals surface area contributed by atoms with E-state index < -0.39 is 29.6 Å². The van der Waals surface area contributed by atoms with Crippen LogP contribution in [0.3, 0.4) is 0 Å². The van der Waals surface area contributed by atoms with Gasteiger partial charge in [0, 0.05) is 12.6 Å². The predicted octanol–water partition coefficient (Wildman–Crippen LogP) is 0.895. The first-order valence-electron chi connectivity index (χ1n) is 7.61. The van der Waals surface area contributed by atoms with Crippen molar-refractivity contribution >= 4 is 17.7 Å². The van der Waals surface area contributed by atoms with Gasteiger partial charge in [-0.2, -0.15) is 0 Å². The van der Waals surface area contributed by atoms with Gasteiger partial charge in [-0.15, -0.1) is 0 Å². The van der Waals surface area contributed by atoms with Gasteiger partial charge in [-0.25, -0.2) is 4.79 Å². The van der Waals surface area contributed by atoms with Crippen LogP contribution in [0.15, 0.2) is 18.2 Å². The molecule has 1 rings (SSSR count). The molecule has 10 heteroatoms. The minimum atomic E-state index is -1.06. The number of ether oxygens (including phenoxy) is 1. The van der Waals surface area contributed by atoms with Gasteiger partial charge in [0.2, 0.25) is 0 Å². The number of carboxylic acid groups (broad SMARTS) is 1. The molecule has 0 bridgehead atoms. The number of nitro benzene ring substituents is 1. The number of hydrogen-bond donors (Lipinski definition) is 4. The van der Waals surface area contributed by atoms with Crippen LogP contribution in [0.25, 0.3) is 0 Å². The molecule has 1 aromatic carbocycles. The van der Waals surface area contributed by atoms with Crippen molar-refractivity contribution in [3.05, 3.63) is 39.4 Å². The summed E-state index contributed by atoms with van der Waals surface area (Å²) >= 11 is 0. The number of rotatable bonds is 10. The molecular formula is C15H21N3O7. The van der Waals surface area contributed by atoms with Gasteiger partial charge in [-0.3, -0.25) is 14.9 Å². The molecule has 0 aliphatic carbocycles. The average molecular weight is 355 g/mol. The van der Waals surface area contributed by atoms with Crippen LogP contribution in [0.5, 0.6) is 0 Å². The number of unbranched alkanes of at least 4 members (excludes halogenated alkanes) is 1. The Labute approximate surface area is 143 Å². The summed E-state index contributed by atoms with van der Waals surface area (Å²) in [5.74, 6) is -1.06. The first-order valence-corrected chi connectivity index (χ1v) is 7.61. The lowest BCUT2D eigenvalue weighted by atomic mass is 10.1. The van der Waals surface area contributed by atoms with E-state index in [4.69, 9.17) is 20.7 Å². The second-order valence-electron chi connectivity index (χ2n) is 5.32. The minimum Gasteiger partial charge on any atom is -0.480 e. The molecule has 0 heterocycles. The predicted molar refractivity (Wildman–Crippen MR) is 86.7 cm³/mol. The summed E-state index contributed by atoms with van der Waals surface area (Å²) in [4.78, 5) is 32.3. The minimum absolute atomic E-state index is 0.151. The van der Waals surface area contributed by atoms with E-state index in [1.165, 1.54) is 18.2 Å². The molecule has 1 amide bonds. The van der Waals surface area contributed by atoms with Crippen LogP contribution in [0.2, 0.25) is 0 Å². The largest absolute Gasteiger partial charge is 0.480 e. The van der Waals surface area contributed by atoms with Crippen molar-refractivity contribution in [1.29, 1.82) is 0 Å². The molecule has 5 N–H and O–H groups in total. The second-order valence-corrected chi connectivity index (χ2v) is 5.32. The zero-order chi connectivity index (χ0) is 18.8. The lowest BCUT2D eigenvalue weighted by Gasteiger charge is -2.09. The number of hydrogen-bond acceptors (Lipinski definition) is 7. The average Bonchev–Trinajstić information content (AvgIpc) is 2.58. The number of aliphatic hydroxyl groups excluding tert-OH is 1. The van der Waals surface area contributed by atoms with Gasteiger partial charge in [0.25, 0.3) is 5.69 Å². The summed E-state index contributed by atoms with van der Waals surface area (Å²) in [5.41, 5.74) is 5.71. The fourth-order valence-electron chi connectivity index (χ4n) is 2.01. The van der Waals surface area contributed by atoms with Crippen LogP contribution in [0, 0.1) is 10.1 Å². The molecule has 0 radical (unpaired) electrons. The van der Waals surface area contributed by atoms with Crippen LogP contribution in [0.4, 0.5) is 10.5 Å². The molecule has 0 aromatic heterocycles. The Hall–Kier alpha value is -2.72. The Morgan fingerprint density at radius 2 is 2.08 bits per heavy atom. The monoisotopic (exact) mass is 355 g/mol. The van der Waals surface area contributed by atoms with Crippen molar-refractivity contribution < 1.29 is 29.5 Å². The highest BCUT2D eigenvalue weighted by Crippen LogP contribution is 2.20. The molecule has 0 saturated carbocycles. The van der Waals surface area contributed by atoms with Crippen molar-refractivity contribution in [3.63, 3.8) is 0 Å². The van der Waals surface area contributed by atoms with E-state index in [0.717, 1.165) is 0 Å². The van der Waals surface area contributed by atoms with E-state index in [-0.39, 0.29) is 17.9 Å². The maximum absolute atomic E-state index is 11.5. The van der Waals surface area contributed by atoms with Crippen molar-refractivity contribution in [2.24, 2.45) is 5.73 Å². The molecule has 0 aliphatic heterocycles. The van der Waals surface area contributed by atoms with Crippen molar-refractivity contribution in [1.82, 2.24) is 5.32 Å². The molecule has 1 atom stereocenters. The Kier molecular flexibility index (Phi) is 8.30. The van der Waals surface area contributed by atoms with Gasteiger partial charge in [0.1, 0.15) is 12.6 Å². The molecular weight excluding hydrogens is 334 g/mol. The quantitative estimate of drug-likeness (QED) is 0.273. The maximum atomic E-state index is 11.5. The molecule has 0 saturated heterocycles. The second kappa shape index (κ2) is 10.2. The zero-order valence-corrected chi connectivity index (χ0v) is 13.5. The van der Waals surface area contributed by atoms with E-state index in [1.807, 2.05) is 0 Å². The summed E-state index contributed by atoms with van der Waals surface area (Å²) in [7, 11) is 0. The van der Waals surface area contributed by atoms with Gasteiger partial charge in [0.15, 0.2) is 0 Å². The highest BCUT2D eigenvalue weighted by molar-refractivity contribution is 5.72. The van der Waals surface area contributed by atoms with E-state index >= 15 is 0 Å². The van der Waals surface area contributed by atoms with Crippen molar-refractivity contribution in [3.8, 4) is 0 Å². The van der Waals surface area contributed by atoms with Crippen LogP contribution >= 0.6 is 0 Å². The first kappa shape index (κ1) is 20.3. The number of carbonyl (C=O) groups is 2. The molecule has 0 fully saturated rings. The standard InChI is InChI=1S/C15H21N3O7/c16-12(14(20)21)3-1-2-6-17-15(22)25-9-10-4-5-11(8-19)13(7-10)18(23)24/h4-5,7,12,19H,1-3,6,8-9,16H2,(H,17,22)(H,20,21)/t12-/m0/s1. The number of aliphatic hydroxyl groups is 1. The van der Waals surface area contributed by atoms with E-state index in [9.17, 15) is 19.7 Å². The smallest absolute Gasteiger partial charge is 0.407 e. The zero-order valence-electron chi connectivity index (χ0n) is 13.5. The van der Waals surface area contributed by atoms with E-state index in [1.54, 1.807) is 0 Å². The number of aliphatic carboxylic acids is 1. The Balaban J connectivity index is 2.33. The summed E-state index contributed by atoms with van der Waals surface area (Å²) in [6, 6.07) is 3.26. The number of carbonyl (C=O) groups excluding carboxylic acids is 1. The molecule has 0 aliphatic rings. The lowest BCUT2D eigenvalue weighted by Crippen LogP contribution is -2.30. The molecule has 138 valence electrons. The first-order chi connectivity index (χ1) is 11.8. The highest BCUT2D eigenvalue weighted by atomic mass is 16.6. The number of alkyl carbamates (subject to hydrolysis) is 1. The van der Waals surface area contributed by atoms with E-state index in [0.29, 0.717) is 31.4 Å². The number of nitro groups is 1.